The maximum absolute atomic E-state index is 4.71. The lowest BCUT2D eigenvalue weighted by Crippen LogP contribution is -2.16. The van der Waals surface area contributed by atoms with E-state index in [1.807, 2.05) is 19.2 Å². The first-order chi connectivity index (χ1) is 7.88. The minimum atomic E-state index is 0.0121. The third-order valence-corrected chi connectivity index (χ3v) is 3.32. The van der Waals surface area contributed by atoms with Crippen molar-refractivity contribution in [3.63, 3.8) is 0 Å². The fourth-order valence-electron chi connectivity index (χ4n) is 1.76. The van der Waals surface area contributed by atoms with E-state index in [0.717, 1.165) is 27.8 Å². The van der Waals surface area contributed by atoms with Crippen molar-refractivity contribution >= 4 is 11.3 Å². The first-order valence-electron chi connectivity index (χ1n) is 5.64. The molecule has 2 aromatic heterocycles. The Balaban J connectivity index is 2.51. The van der Waals surface area contributed by atoms with Gasteiger partial charge in [-0.15, -0.1) is 11.3 Å². The lowest BCUT2D eigenvalue weighted by molar-refractivity contribution is 0.560. The van der Waals surface area contributed by atoms with Gasteiger partial charge in [-0.25, -0.2) is 9.97 Å². The van der Waals surface area contributed by atoms with Crippen LogP contribution in [0.3, 0.4) is 0 Å². The molecule has 0 saturated heterocycles. The topological polar surface area (TPSA) is 38.7 Å². The molecule has 0 aliphatic heterocycles. The average Bonchev–Trinajstić information content (AvgIpc) is 2.64. The molecule has 0 saturated carbocycles. The van der Waals surface area contributed by atoms with Crippen molar-refractivity contribution in [1.29, 1.82) is 0 Å². The van der Waals surface area contributed by atoms with Gasteiger partial charge in [0.1, 0.15) is 11.4 Å². The molecule has 17 heavy (non-hydrogen) atoms. The number of aryl methyl sites for hydroxylation is 2. The number of hydrogen-bond acceptors (Lipinski definition) is 4. The Bertz CT molecular complexity index is 538. The molecule has 0 atom stereocenters. The number of aromatic nitrogens is 3. The SMILES string of the molecule is Cc1nc(-c2cnc(C)c(C(C)(C)C)n2)cs1. The molecule has 4 heteroatoms. The zero-order valence-electron chi connectivity index (χ0n) is 10.9. The number of thiazole rings is 1. The molecular weight excluding hydrogens is 230 g/mol. The highest BCUT2D eigenvalue weighted by Crippen LogP contribution is 2.26. The fraction of sp³-hybridized carbons (Fsp3) is 0.462. The third-order valence-electron chi connectivity index (χ3n) is 2.55. The molecule has 2 heterocycles. The quantitative estimate of drug-likeness (QED) is 0.774. The summed E-state index contributed by atoms with van der Waals surface area (Å²) in [5.41, 5.74) is 3.84. The van der Waals surface area contributed by atoms with Crippen LogP contribution in [0.15, 0.2) is 11.6 Å². The number of rotatable bonds is 1. The van der Waals surface area contributed by atoms with Gasteiger partial charge in [0, 0.05) is 10.8 Å². The molecule has 0 fully saturated rings. The van der Waals surface area contributed by atoms with E-state index in [2.05, 4.69) is 30.7 Å². The van der Waals surface area contributed by atoms with Gasteiger partial charge in [-0.3, -0.25) is 4.98 Å². The van der Waals surface area contributed by atoms with Crippen LogP contribution in [0.2, 0.25) is 0 Å². The molecule has 2 rings (SSSR count). The van der Waals surface area contributed by atoms with Crippen molar-refractivity contribution in [1.82, 2.24) is 15.0 Å². The van der Waals surface area contributed by atoms with Crippen LogP contribution in [0.4, 0.5) is 0 Å². The van der Waals surface area contributed by atoms with Crippen molar-refractivity contribution in [2.45, 2.75) is 40.0 Å². The van der Waals surface area contributed by atoms with E-state index in [1.165, 1.54) is 0 Å². The summed E-state index contributed by atoms with van der Waals surface area (Å²) in [7, 11) is 0. The van der Waals surface area contributed by atoms with Gasteiger partial charge < -0.3 is 0 Å². The first-order valence-corrected chi connectivity index (χ1v) is 6.52. The summed E-state index contributed by atoms with van der Waals surface area (Å²) in [6.07, 6.45) is 1.80. The second-order valence-corrected chi connectivity index (χ2v) is 6.25. The Morgan fingerprint density at radius 2 is 1.76 bits per heavy atom. The zero-order valence-corrected chi connectivity index (χ0v) is 11.7. The van der Waals surface area contributed by atoms with Crippen LogP contribution in [-0.2, 0) is 5.41 Å². The van der Waals surface area contributed by atoms with Crippen LogP contribution in [-0.4, -0.2) is 15.0 Å². The molecule has 0 aliphatic carbocycles. The Morgan fingerprint density at radius 3 is 2.29 bits per heavy atom. The van der Waals surface area contributed by atoms with Crippen LogP contribution < -0.4 is 0 Å². The van der Waals surface area contributed by atoms with Gasteiger partial charge in [0.05, 0.1) is 22.6 Å². The zero-order chi connectivity index (χ0) is 12.6. The van der Waals surface area contributed by atoms with Crippen molar-refractivity contribution in [3.8, 4) is 11.4 Å². The van der Waals surface area contributed by atoms with Gasteiger partial charge in [0.25, 0.3) is 0 Å². The van der Waals surface area contributed by atoms with Crippen molar-refractivity contribution in [2.75, 3.05) is 0 Å². The summed E-state index contributed by atoms with van der Waals surface area (Å²) < 4.78 is 0. The van der Waals surface area contributed by atoms with Crippen LogP contribution in [0.5, 0.6) is 0 Å². The van der Waals surface area contributed by atoms with Crippen molar-refractivity contribution in [3.05, 3.63) is 28.0 Å². The van der Waals surface area contributed by atoms with Gasteiger partial charge in [0.2, 0.25) is 0 Å². The van der Waals surface area contributed by atoms with Gasteiger partial charge >= 0.3 is 0 Å². The monoisotopic (exact) mass is 247 g/mol. The maximum atomic E-state index is 4.71. The lowest BCUT2D eigenvalue weighted by atomic mass is 9.90. The summed E-state index contributed by atoms with van der Waals surface area (Å²) >= 11 is 1.64. The molecule has 0 aliphatic rings. The maximum Gasteiger partial charge on any atom is 0.108 e. The van der Waals surface area contributed by atoms with Gasteiger partial charge in [-0.2, -0.15) is 0 Å². The molecule has 0 unspecified atom stereocenters. The van der Waals surface area contributed by atoms with Crippen LogP contribution in [0.1, 0.15) is 37.2 Å². The average molecular weight is 247 g/mol. The van der Waals surface area contributed by atoms with E-state index in [4.69, 9.17) is 4.98 Å². The highest BCUT2D eigenvalue weighted by molar-refractivity contribution is 7.09. The van der Waals surface area contributed by atoms with Gasteiger partial charge in [-0.1, -0.05) is 20.8 Å². The summed E-state index contributed by atoms with van der Waals surface area (Å²) in [5.74, 6) is 0. The summed E-state index contributed by atoms with van der Waals surface area (Å²) in [6, 6.07) is 0. The van der Waals surface area contributed by atoms with E-state index in [9.17, 15) is 0 Å². The van der Waals surface area contributed by atoms with E-state index < -0.39 is 0 Å². The Kier molecular flexibility index (Phi) is 3.00. The summed E-state index contributed by atoms with van der Waals surface area (Å²) in [4.78, 5) is 13.6. The van der Waals surface area contributed by atoms with Crippen molar-refractivity contribution < 1.29 is 0 Å². The second kappa shape index (κ2) is 4.18. The fourth-order valence-corrected chi connectivity index (χ4v) is 2.37. The van der Waals surface area contributed by atoms with E-state index in [1.54, 1.807) is 17.5 Å². The van der Waals surface area contributed by atoms with E-state index in [0.29, 0.717) is 0 Å². The van der Waals surface area contributed by atoms with Gasteiger partial charge in [-0.05, 0) is 13.8 Å². The number of nitrogens with zero attached hydrogens (tertiary/aromatic N) is 3. The molecule has 0 spiro atoms. The molecule has 0 radical (unpaired) electrons. The third kappa shape index (κ3) is 2.52. The highest BCUT2D eigenvalue weighted by atomic mass is 32.1. The molecule has 0 N–H and O–H groups in total. The minimum Gasteiger partial charge on any atom is -0.257 e. The predicted octanol–water partition coefficient (Wildman–Crippen LogP) is 3.51. The standard InChI is InChI=1S/C13H17N3S/c1-8-12(13(3,4)5)16-10(6-14-8)11-7-17-9(2)15-11/h6-7H,1-5H3. The highest BCUT2D eigenvalue weighted by Gasteiger charge is 2.20. The molecular formula is C13H17N3S. The molecule has 0 aromatic carbocycles. The first kappa shape index (κ1) is 12.2. The van der Waals surface area contributed by atoms with Crippen LogP contribution in [0, 0.1) is 13.8 Å². The number of hydrogen-bond donors (Lipinski definition) is 0. The Hall–Kier alpha value is -1.29. The van der Waals surface area contributed by atoms with E-state index >= 15 is 0 Å². The van der Waals surface area contributed by atoms with E-state index in [-0.39, 0.29) is 5.41 Å². The molecule has 0 amide bonds. The Labute approximate surface area is 106 Å². The van der Waals surface area contributed by atoms with Crippen LogP contribution >= 0.6 is 11.3 Å². The second-order valence-electron chi connectivity index (χ2n) is 5.19. The molecule has 90 valence electrons. The Morgan fingerprint density at radius 1 is 1.06 bits per heavy atom. The summed E-state index contributed by atoms with van der Waals surface area (Å²) in [6.45, 7) is 10.5. The minimum absolute atomic E-state index is 0.0121. The van der Waals surface area contributed by atoms with Crippen molar-refractivity contribution in [2.24, 2.45) is 0 Å². The lowest BCUT2D eigenvalue weighted by Gasteiger charge is -2.19. The van der Waals surface area contributed by atoms with Gasteiger partial charge in [0.15, 0.2) is 0 Å². The van der Waals surface area contributed by atoms with Crippen LogP contribution in [0.25, 0.3) is 11.4 Å². The molecule has 0 bridgehead atoms. The smallest absolute Gasteiger partial charge is 0.108 e. The molecule has 2 aromatic rings. The summed E-state index contributed by atoms with van der Waals surface area (Å²) in [5, 5.41) is 3.08. The largest absolute Gasteiger partial charge is 0.257 e. The normalized spacial score (nSPS) is 11.8. The molecule has 3 nitrogen and oxygen atoms in total. The predicted molar refractivity (Wildman–Crippen MR) is 71.3 cm³/mol.